The van der Waals surface area contributed by atoms with Crippen LogP contribution in [0.2, 0.25) is 0 Å². The number of esters is 1. The van der Waals surface area contributed by atoms with Crippen LogP contribution in [0, 0.1) is 0 Å². The summed E-state index contributed by atoms with van der Waals surface area (Å²) >= 11 is 0. The van der Waals surface area contributed by atoms with E-state index in [4.69, 9.17) is 4.74 Å². The molecule has 0 saturated carbocycles. The maximum absolute atomic E-state index is 11.4. The van der Waals surface area contributed by atoms with E-state index in [0.29, 0.717) is 6.61 Å². The van der Waals surface area contributed by atoms with Crippen molar-refractivity contribution in [2.75, 3.05) is 26.9 Å². The molecular weight excluding hydrogens is 200 g/mol. The van der Waals surface area contributed by atoms with E-state index in [0.717, 1.165) is 0 Å². The molecule has 6 heteroatoms. The number of hydrazone groups is 1. The Labute approximate surface area is 88.6 Å². The molecule has 0 aromatic carbocycles. The molecule has 0 spiro atoms. The number of carbonyl (C=O) groups is 2. The molecule has 0 rings (SSSR count). The summed E-state index contributed by atoms with van der Waals surface area (Å²) in [6, 6.07) is 0. The van der Waals surface area contributed by atoms with E-state index >= 15 is 0 Å². The van der Waals surface area contributed by atoms with Crippen molar-refractivity contribution in [2.24, 2.45) is 5.10 Å². The van der Waals surface area contributed by atoms with Crippen LogP contribution in [0.1, 0.15) is 13.8 Å². The minimum absolute atomic E-state index is 0.171. The Kier molecular flexibility index (Phi) is 7.17. The number of nitrogens with zero attached hydrogens (tertiary/aromatic N) is 1. The molecule has 0 fully saturated rings. The minimum Gasteiger partial charge on any atom is -0.461 e. The highest BCUT2D eigenvalue weighted by molar-refractivity contribution is 6.64. The molecule has 0 atom stereocenters. The van der Waals surface area contributed by atoms with Gasteiger partial charge in [-0.3, -0.25) is 4.79 Å². The Bertz CT molecular complexity index is 250. The topological polar surface area (TPSA) is 77.0 Å². The summed E-state index contributed by atoms with van der Waals surface area (Å²) in [6.45, 7) is 3.84. The quantitative estimate of drug-likeness (QED) is 0.274. The van der Waals surface area contributed by atoms with Crippen molar-refractivity contribution < 1.29 is 19.1 Å². The van der Waals surface area contributed by atoms with Crippen LogP contribution < -0.4 is 5.43 Å². The van der Waals surface area contributed by atoms with Gasteiger partial charge in [0, 0.05) is 13.7 Å². The molecule has 0 aromatic rings. The van der Waals surface area contributed by atoms with Crippen LogP contribution >= 0.6 is 0 Å². The summed E-state index contributed by atoms with van der Waals surface area (Å²) in [4.78, 5) is 22.7. The van der Waals surface area contributed by atoms with Crippen molar-refractivity contribution in [3.05, 3.63) is 0 Å². The number of ether oxygens (including phenoxy) is 2. The molecule has 86 valence electrons. The van der Waals surface area contributed by atoms with E-state index in [1.165, 1.54) is 7.05 Å². The van der Waals surface area contributed by atoms with E-state index in [1.54, 1.807) is 13.8 Å². The van der Waals surface area contributed by atoms with Crippen molar-refractivity contribution in [1.29, 1.82) is 0 Å². The lowest BCUT2D eigenvalue weighted by molar-refractivity contribution is -0.136. The molecule has 0 aliphatic carbocycles. The van der Waals surface area contributed by atoms with Gasteiger partial charge in [0.25, 0.3) is 0 Å². The molecule has 0 radical (unpaired) electrons. The van der Waals surface area contributed by atoms with Gasteiger partial charge in [-0.1, -0.05) is 0 Å². The van der Waals surface area contributed by atoms with E-state index < -0.39 is 11.8 Å². The number of ketones is 1. The first-order valence-corrected chi connectivity index (χ1v) is 4.69. The normalized spacial score (nSPS) is 11.0. The SMILES string of the molecule is CCOCC(=O)/C(=N/NC)C(=O)OCC. The largest absolute Gasteiger partial charge is 0.461 e. The lowest BCUT2D eigenvalue weighted by Gasteiger charge is -2.04. The van der Waals surface area contributed by atoms with Crippen LogP contribution in [0.4, 0.5) is 0 Å². The lowest BCUT2D eigenvalue weighted by atomic mass is 10.2. The number of hydrogen-bond donors (Lipinski definition) is 1. The molecule has 0 amide bonds. The molecule has 0 bridgehead atoms. The Balaban J connectivity index is 4.45. The fourth-order valence-electron chi connectivity index (χ4n) is 0.796. The fourth-order valence-corrected chi connectivity index (χ4v) is 0.796. The van der Waals surface area contributed by atoms with Crippen LogP contribution in [0.5, 0.6) is 0 Å². The molecule has 0 saturated heterocycles. The molecule has 1 N–H and O–H groups in total. The third-order valence-electron chi connectivity index (χ3n) is 1.39. The summed E-state index contributed by atoms with van der Waals surface area (Å²) in [6.07, 6.45) is 0. The number of hydrogen-bond acceptors (Lipinski definition) is 6. The highest BCUT2D eigenvalue weighted by Gasteiger charge is 2.21. The van der Waals surface area contributed by atoms with E-state index in [2.05, 4.69) is 15.3 Å². The van der Waals surface area contributed by atoms with Gasteiger partial charge in [-0.15, -0.1) is 0 Å². The summed E-state index contributed by atoms with van der Waals surface area (Å²) in [5, 5.41) is 3.56. The molecule has 0 aromatic heterocycles. The van der Waals surface area contributed by atoms with Gasteiger partial charge >= 0.3 is 5.97 Å². The first kappa shape index (κ1) is 13.6. The zero-order valence-electron chi connectivity index (χ0n) is 9.20. The fraction of sp³-hybridized carbons (Fsp3) is 0.667. The molecule has 15 heavy (non-hydrogen) atoms. The lowest BCUT2D eigenvalue weighted by Crippen LogP contribution is -2.31. The van der Waals surface area contributed by atoms with Crippen LogP contribution in [0.25, 0.3) is 0 Å². The third kappa shape index (κ3) is 5.11. The summed E-state index contributed by atoms with van der Waals surface area (Å²) in [5.74, 6) is -1.23. The third-order valence-corrected chi connectivity index (χ3v) is 1.39. The van der Waals surface area contributed by atoms with Crippen molar-refractivity contribution in [3.8, 4) is 0 Å². The molecule has 6 nitrogen and oxygen atoms in total. The summed E-state index contributed by atoms with van der Waals surface area (Å²) in [5.41, 5.74) is 2.10. The van der Waals surface area contributed by atoms with E-state index in [9.17, 15) is 9.59 Å². The monoisotopic (exact) mass is 216 g/mol. The zero-order chi connectivity index (χ0) is 11.7. The zero-order valence-corrected chi connectivity index (χ0v) is 9.20. The maximum Gasteiger partial charge on any atom is 0.362 e. The molecule has 0 aliphatic rings. The molecule has 0 heterocycles. The van der Waals surface area contributed by atoms with Gasteiger partial charge < -0.3 is 14.9 Å². The predicted octanol–water partition coefficient (Wildman–Crippen LogP) is -0.270. The van der Waals surface area contributed by atoms with Crippen molar-refractivity contribution in [3.63, 3.8) is 0 Å². The van der Waals surface area contributed by atoms with Gasteiger partial charge in [0.15, 0.2) is 0 Å². The van der Waals surface area contributed by atoms with E-state index in [-0.39, 0.29) is 18.9 Å². The average molecular weight is 216 g/mol. The van der Waals surface area contributed by atoms with Crippen molar-refractivity contribution >= 4 is 17.5 Å². The van der Waals surface area contributed by atoms with Gasteiger partial charge in [-0.05, 0) is 13.8 Å². The number of nitrogens with one attached hydrogen (secondary N) is 1. The smallest absolute Gasteiger partial charge is 0.362 e. The average Bonchev–Trinajstić information content (AvgIpc) is 2.22. The second kappa shape index (κ2) is 7.93. The summed E-state index contributed by atoms with van der Waals surface area (Å²) in [7, 11) is 1.49. The molecular formula is C9H16N2O4. The van der Waals surface area contributed by atoms with Crippen LogP contribution in [-0.4, -0.2) is 44.3 Å². The Hall–Kier alpha value is -1.43. The van der Waals surface area contributed by atoms with Gasteiger partial charge in [0.2, 0.25) is 11.5 Å². The van der Waals surface area contributed by atoms with Crippen molar-refractivity contribution in [1.82, 2.24) is 5.43 Å². The number of rotatable bonds is 7. The van der Waals surface area contributed by atoms with Crippen LogP contribution in [0.3, 0.4) is 0 Å². The highest BCUT2D eigenvalue weighted by atomic mass is 16.5. The number of carbonyl (C=O) groups excluding carboxylic acids is 2. The van der Waals surface area contributed by atoms with Gasteiger partial charge in [0.05, 0.1) is 6.61 Å². The maximum atomic E-state index is 11.4. The first-order valence-electron chi connectivity index (χ1n) is 4.69. The predicted molar refractivity (Wildman–Crippen MR) is 54.6 cm³/mol. The summed E-state index contributed by atoms with van der Waals surface area (Å²) < 4.78 is 9.56. The standard InChI is InChI=1S/C9H16N2O4/c1-4-14-6-7(12)8(11-10-3)9(13)15-5-2/h10H,4-6H2,1-3H3/b11-8-. The van der Waals surface area contributed by atoms with Gasteiger partial charge in [0.1, 0.15) is 6.61 Å². The van der Waals surface area contributed by atoms with Gasteiger partial charge in [-0.2, -0.15) is 5.10 Å². The second-order valence-corrected chi connectivity index (χ2v) is 2.46. The molecule has 0 aliphatic heterocycles. The van der Waals surface area contributed by atoms with Gasteiger partial charge in [-0.25, -0.2) is 4.79 Å². The second-order valence-electron chi connectivity index (χ2n) is 2.46. The minimum atomic E-state index is -0.739. The van der Waals surface area contributed by atoms with Crippen LogP contribution in [-0.2, 0) is 19.1 Å². The van der Waals surface area contributed by atoms with Crippen LogP contribution in [0.15, 0.2) is 5.10 Å². The Morgan fingerprint density at radius 2 is 1.93 bits per heavy atom. The van der Waals surface area contributed by atoms with E-state index in [1.807, 2.05) is 0 Å². The Morgan fingerprint density at radius 1 is 1.27 bits per heavy atom. The molecule has 0 unspecified atom stereocenters. The first-order chi connectivity index (χ1) is 7.17. The Morgan fingerprint density at radius 3 is 2.40 bits per heavy atom. The highest BCUT2D eigenvalue weighted by Crippen LogP contribution is 1.89. The number of Topliss-reactive ketones (excluding diaryl/α,β-unsaturated/α-hetero) is 1. The van der Waals surface area contributed by atoms with Crippen molar-refractivity contribution in [2.45, 2.75) is 13.8 Å².